The molecule has 0 unspecified atom stereocenters. The van der Waals surface area contributed by atoms with Crippen LogP contribution < -0.4 is 5.56 Å². The van der Waals surface area contributed by atoms with E-state index in [1.165, 1.54) is 16.8 Å². The van der Waals surface area contributed by atoms with Crippen molar-refractivity contribution in [3.05, 3.63) is 28.2 Å². The molecule has 0 atom stereocenters. The number of nitrogens with zero attached hydrogens (tertiary/aromatic N) is 3. The number of carbonyl (C=O) groups is 1. The van der Waals surface area contributed by atoms with E-state index in [1.807, 2.05) is 20.8 Å². The van der Waals surface area contributed by atoms with Crippen LogP contribution in [0.2, 0.25) is 0 Å². The van der Waals surface area contributed by atoms with Gasteiger partial charge in [-0.15, -0.1) is 0 Å². The first-order valence-electron chi connectivity index (χ1n) is 7.51. The van der Waals surface area contributed by atoms with Gasteiger partial charge in [0.15, 0.2) is 0 Å². The van der Waals surface area contributed by atoms with Gasteiger partial charge in [0.1, 0.15) is 5.69 Å². The largest absolute Gasteiger partial charge is 0.396 e. The molecule has 21 heavy (non-hydrogen) atoms. The number of aryl methyl sites for hydroxylation is 1. The monoisotopic (exact) mass is 295 g/mol. The Labute approximate surface area is 125 Å². The normalized spacial score (nSPS) is 10.9. The zero-order chi connectivity index (χ0) is 15.8. The van der Waals surface area contributed by atoms with Crippen molar-refractivity contribution in [2.45, 2.75) is 52.6 Å². The molecule has 0 aliphatic rings. The molecule has 1 amide bonds. The fraction of sp³-hybridized carbons (Fsp3) is 0.667. The molecule has 0 radical (unpaired) electrons. The lowest BCUT2D eigenvalue weighted by Crippen LogP contribution is -2.39. The van der Waals surface area contributed by atoms with E-state index >= 15 is 0 Å². The zero-order valence-electron chi connectivity index (χ0n) is 13.1. The molecule has 0 aromatic carbocycles. The molecule has 6 heteroatoms. The Bertz CT molecular complexity index is 511. The van der Waals surface area contributed by atoms with E-state index in [0.29, 0.717) is 19.5 Å². The van der Waals surface area contributed by atoms with Crippen molar-refractivity contribution in [1.82, 2.24) is 14.7 Å². The van der Waals surface area contributed by atoms with Crippen LogP contribution in [0.5, 0.6) is 0 Å². The van der Waals surface area contributed by atoms with Gasteiger partial charge in [-0.2, -0.15) is 5.10 Å². The minimum absolute atomic E-state index is 0.0156. The van der Waals surface area contributed by atoms with E-state index in [-0.39, 0.29) is 29.8 Å². The summed E-state index contributed by atoms with van der Waals surface area (Å²) in [4.78, 5) is 25.9. The van der Waals surface area contributed by atoms with Gasteiger partial charge < -0.3 is 10.0 Å². The Hall–Kier alpha value is -1.69. The van der Waals surface area contributed by atoms with E-state index < -0.39 is 0 Å². The Morgan fingerprint density at radius 3 is 2.67 bits per heavy atom. The van der Waals surface area contributed by atoms with Gasteiger partial charge in [0.25, 0.3) is 11.5 Å². The minimum atomic E-state index is -0.205. The summed E-state index contributed by atoms with van der Waals surface area (Å²) in [5.41, 5.74) is 0.0868. The van der Waals surface area contributed by atoms with E-state index in [2.05, 4.69) is 5.10 Å². The molecule has 0 aliphatic heterocycles. The van der Waals surface area contributed by atoms with Crippen LogP contribution in [-0.2, 0) is 6.54 Å². The third kappa shape index (κ3) is 4.97. The van der Waals surface area contributed by atoms with Gasteiger partial charge >= 0.3 is 0 Å². The summed E-state index contributed by atoms with van der Waals surface area (Å²) < 4.78 is 1.35. The number of unbranched alkanes of at least 4 members (excludes halogenated alkanes) is 1. The van der Waals surface area contributed by atoms with Gasteiger partial charge in [0, 0.05) is 31.8 Å². The van der Waals surface area contributed by atoms with Crippen LogP contribution in [0.1, 0.15) is 50.5 Å². The fourth-order valence-electron chi connectivity index (χ4n) is 2.01. The fourth-order valence-corrected chi connectivity index (χ4v) is 2.01. The summed E-state index contributed by atoms with van der Waals surface area (Å²) in [6, 6.07) is 2.88. The third-order valence-electron chi connectivity index (χ3n) is 3.25. The predicted octanol–water partition coefficient (Wildman–Crippen LogP) is 1.28. The summed E-state index contributed by atoms with van der Waals surface area (Å²) in [6.45, 7) is 6.91. The van der Waals surface area contributed by atoms with Crippen molar-refractivity contribution in [2.75, 3.05) is 13.2 Å². The molecule has 6 nitrogen and oxygen atoms in total. The number of aromatic nitrogens is 2. The highest BCUT2D eigenvalue weighted by Crippen LogP contribution is 2.06. The maximum Gasteiger partial charge on any atom is 0.274 e. The minimum Gasteiger partial charge on any atom is -0.396 e. The standard InChI is InChI=1S/C15H25N3O3/c1-4-5-10-18-14(20)8-7-13(16-18)15(21)17(12(2)3)9-6-11-19/h7-8,12,19H,4-6,9-11H2,1-3H3. The van der Waals surface area contributed by atoms with Crippen LogP contribution >= 0.6 is 0 Å². The number of amides is 1. The average molecular weight is 295 g/mol. The highest BCUT2D eigenvalue weighted by Gasteiger charge is 2.20. The summed E-state index contributed by atoms with van der Waals surface area (Å²) in [5.74, 6) is -0.205. The highest BCUT2D eigenvalue weighted by atomic mass is 16.3. The number of rotatable bonds is 8. The average Bonchev–Trinajstić information content (AvgIpc) is 2.46. The Morgan fingerprint density at radius 1 is 1.38 bits per heavy atom. The van der Waals surface area contributed by atoms with Crippen molar-refractivity contribution in [3.8, 4) is 0 Å². The topological polar surface area (TPSA) is 75.4 Å². The van der Waals surface area contributed by atoms with E-state index in [0.717, 1.165) is 12.8 Å². The van der Waals surface area contributed by atoms with Crippen molar-refractivity contribution < 1.29 is 9.90 Å². The molecule has 0 fully saturated rings. The number of aliphatic hydroxyl groups is 1. The second-order valence-corrected chi connectivity index (χ2v) is 5.30. The lowest BCUT2D eigenvalue weighted by atomic mass is 10.2. The van der Waals surface area contributed by atoms with Crippen molar-refractivity contribution in [3.63, 3.8) is 0 Å². The van der Waals surface area contributed by atoms with Gasteiger partial charge in [-0.25, -0.2) is 4.68 Å². The molecule has 0 spiro atoms. The quantitative estimate of drug-likeness (QED) is 0.784. The second-order valence-electron chi connectivity index (χ2n) is 5.30. The summed E-state index contributed by atoms with van der Waals surface area (Å²) in [7, 11) is 0. The molecule has 1 rings (SSSR count). The molecule has 0 saturated heterocycles. The molecule has 1 heterocycles. The maximum atomic E-state index is 12.5. The van der Waals surface area contributed by atoms with Gasteiger partial charge in [-0.05, 0) is 32.8 Å². The van der Waals surface area contributed by atoms with Crippen molar-refractivity contribution >= 4 is 5.91 Å². The van der Waals surface area contributed by atoms with Crippen LogP contribution in [0.3, 0.4) is 0 Å². The second kappa shape index (κ2) is 8.56. The van der Waals surface area contributed by atoms with E-state index in [9.17, 15) is 9.59 Å². The first-order valence-corrected chi connectivity index (χ1v) is 7.51. The smallest absolute Gasteiger partial charge is 0.274 e. The maximum absolute atomic E-state index is 12.5. The molecule has 1 aromatic heterocycles. The molecular formula is C15H25N3O3. The van der Waals surface area contributed by atoms with E-state index in [4.69, 9.17) is 5.11 Å². The lowest BCUT2D eigenvalue weighted by Gasteiger charge is -2.26. The number of hydrogen-bond acceptors (Lipinski definition) is 4. The molecule has 118 valence electrons. The van der Waals surface area contributed by atoms with Gasteiger partial charge in [-0.3, -0.25) is 9.59 Å². The first kappa shape index (κ1) is 17.4. The van der Waals surface area contributed by atoms with Crippen LogP contribution in [0, 0.1) is 0 Å². The number of hydrogen-bond donors (Lipinski definition) is 1. The Balaban J connectivity index is 2.96. The molecule has 1 N–H and O–H groups in total. The van der Waals surface area contributed by atoms with Crippen molar-refractivity contribution in [2.24, 2.45) is 0 Å². The van der Waals surface area contributed by atoms with Crippen LogP contribution in [0.15, 0.2) is 16.9 Å². The Morgan fingerprint density at radius 2 is 2.10 bits per heavy atom. The highest BCUT2D eigenvalue weighted by molar-refractivity contribution is 5.92. The van der Waals surface area contributed by atoms with Gasteiger partial charge in [0.2, 0.25) is 0 Å². The van der Waals surface area contributed by atoms with Gasteiger partial charge in [0.05, 0.1) is 0 Å². The SMILES string of the molecule is CCCCn1nc(C(=O)N(CCCO)C(C)C)ccc1=O. The summed E-state index contributed by atoms with van der Waals surface area (Å²) >= 11 is 0. The molecular weight excluding hydrogens is 270 g/mol. The van der Waals surface area contributed by atoms with Crippen molar-refractivity contribution in [1.29, 1.82) is 0 Å². The lowest BCUT2D eigenvalue weighted by molar-refractivity contribution is 0.0684. The summed E-state index contributed by atoms with van der Waals surface area (Å²) in [5, 5.41) is 13.1. The Kier molecular flexibility index (Phi) is 7.08. The van der Waals surface area contributed by atoms with Crippen LogP contribution in [0.4, 0.5) is 0 Å². The molecule has 0 bridgehead atoms. The predicted molar refractivity (Wildman–Crippen MR) is 81.3 cm³/mol. The number of carbonyl (C=O) groups excluding carboxylic acids is 1. The van der Waals surface area contributed by atoms with Crippen LogP contribution in [-0.4, -0.2) is 44.9 Å². The molecule has 1 aromatic rings. The molecule has 0 saturated carbocycles. The first-order chi connectivity index (χ1) is 10.0. The zero-order valence-corrected chi connectivity index (χ0v) is 13.1. The van der Waals surface area contributed by atoms with E-state index in [1.54, 1.807) is 4.90 Å². The summed E-state index contributed by atoms with van der Waals surface area (Å²) in [6.07, 6.45) is 2.34. The molecule has 0 aliphatic carbocycles. The third-order valence-corrected chi connectivity index (χ3v) is 3.25. The van der Waals surface area contributed by atoms with Crippen LogP contribution in [0.25, 0.3) is 0 Å². The van der Waals surface area contributed by atoms with Gasteiger partial charge in [-0.1, -0.05) is 13.3 Å². The number of aliphatic hydroxyl groups excluding tert-OH is 1.